The highest BCUT2D eigenvalue weighted by atomic mass is 19.1. The largest absolute Gasteiger partial charge is 0.491 e. The van der Waals surface area contributed by atoms with Gasteiger partial charge < -0.3 is 34.3 Å². The van der Waals surface area contributed by atoms with Gasteiger partial charge in [0.25, 0.3) is 0 Å². The van der Waals surface area contributed by atoms with E-state index in [-0.39, 0.29) is 50.1 Å². The van der Waals surface area contributed by atoms with Gasteiger partial charge in [-0.05, 0) is 60.1 Å². The molecule has 270 valence electrons. The molecule has 0 fully saturated rings. The van der Waals surface area contributed by atoms with Gasteiger partial charge in [0.05, 0.1) is 25.4 Å². The van der Waals surface area contributed by atoms with Crippen LogP contribution in [0.4, 0.5) is 8.78 Å². The monoisotopic (exact) mass is 678 g/mol. The molecule has 0 aromatic heterocycles. The first kappa shape index (κ1) is 41.1. The lowest BCUT2D eigenvalue weighted by Crippen LogP contribution is -2.26. The Labute approximate surface area is 285 Å². The zero-order chi connectivity index (χ0) is 35.3. The summed E-state index contributed by atoms with van der Waals surface area (Å²) in [5.41, 5.74) is 1.90. The third kappa shape index (κ3) is 14.2. The van der Waals surface area contributed by atoms with Crippen molar-refractivity contribution in [2.24, 2.45) is 5.92 Å². The van der Waals surface area contributed by atoms with Crippen LogP contribution >= 0.6 is 0 Å². The molecule has 2 aromatic carbocycles. The smallest absolute Gasteiger partial charge is 0.335 e. The summed E-state index contributed by atoms with van der Waals surface area (Å²) in [4.78, 5) is 11.8. The van der Waals surface area contributed by atoms with Crippen molar-refractivity contribution in [1.29, 1.82) is 0 Å². The van der Waals surface area contributed by atoms with Crippen LogP contribution in [-0.2, 0) is 27.1 Å². The maximum absolute atomic E-state index is 15.9. The number of carbonyl (C=O) groups excluding carboxylic acids is 1. The molecule has 2 rings (SSSR count). The van der Waals surface area contributed by atoms with Crippen LogP contribution in [-0.4, -0.2) is 67.2 Å². The Balaban J connectivity index is 2.45. The third-order valence-corrected chi connectivity index (χ3v) is 8.17. The van der Waals surface area contributed by atoms with Crippen LogP contribution in [0, 0.1) is 17.6 Å². The Morgan fingerprint density at radius 1 is 0.750 bits per heavy atom. The zero-order valence-corrected chi connectivity index (χ0v) is 29.0. The SMILES string of the molecule is C=C(CO)C(=O)OCCOc1cc(F)c(CCCCCCC)c(-c2cc(OCCOC(O)C(C)CO)cc(F)c2CCCCCCC)c1. The van der Waals surface area contributed by atoms with Crippen molar-refractivity contribution in [3.05, 3.63) is 59.2 Å². The molecule has 0 bridgehead atoms. The molecule has 0 amide bonds. The molecule has 0 aliphatic rings. The Morgan fingerprint density at radius 2 is 1.23 bits per heavy atom. The van der Waals surface area contributed by atoms with Crippen LogP contribution in [0.5, 0.6) is 11.5 Å². The van der Waals surface area contributed by atoms with E-state index in [0.29, 0.717) is 35.1 Å². The molecular weight excluding hydrogens is 622 g/mol. The van der Waals surface area contributed by atoms with E-state index < -0.39 is 36.4 Å². The highest BCUT2D eigenvalue weighted by Gasteiger charge is 2.21. The number of esters is 1. The summed E-state index contributed by atoms with van der Waals surface area (Å²) in [5, 5.41) is 28.3. The minimum Gasteiger partial charge on any atom is -0.491 e. The van der Waals surface area contributed by atoms with Crippen LogP contribution in [0.2, 0.25) is 0 Å². The van der Waals surface area contributed by atoms with Gasteiger partial charge in [-0.1, -0.05) is 78.7 Å². The lowest BCUT2D eigenvalue weighted by molar-refractivity contribution is -0.142. The standard InChI is InChI=1S/C38H56F2O8/c1-5-7-9-11-13-15-31-33(21-29(23-35(31)39)45-17-19-47-37(43)27(3)25-41)34-22-30(46-18-20-48-38(44)28(4)26-42)24-36(40)32(34)16-14-12-10-8-6-2/h21-24,28,38,41-42,44H,3,5-20,25-26H2,1-2,4H3. The number of hydrogen-bond donors (Lipinski definition) is 3. The molecule has 8 nitrogen and oxygen atoms in total. The number of hydrogen-bond acceptors (Lipinski definition) is 8. The second-order valence-electron chi connectivity index (χ2n) is 12.2. The predicted molar refractivity (Wildman–Crippen MR) is 183 cm³/mol. The number of ether oxygens (including phenoxy) is 4. The molecule has 2 unspecified atom stereocenters. The molecule has 48 heavy (non-hydrogen) atoms. The van der Waals surface area contributed by atoms with Crippen molar-refractivity contribution >= 4 is 5.97 Å². The molecule has 3 N–H and O–H groups in total. The molecule has 10 heteroatoms. The van der Waals surface area contributed by atoms with E-state index in [1.807, 2.05) is 0 Å². The van der Waals surface area contributed by atoms with Crippen LogP contribution in [0.1, 0.15) is 96.1 Å². The number of aliphatic hydroxyl groups is 3. The summed E-state index contributed by atoms with van der Waals surface area (Å²) in [6, 6.07) is 6.05. The van der Waals surface area contributed by atoms with Crippen LogP contribution in [0.25, 0.3) is 11.1 Å². The van der Waals surface area contributed by atoms with E-state index in [1.54, 1.807) is 19.1 Å². The first-order chi connectivity index (χ1) is 23.2. The molecule has 0 aliphatic heterocycles. The maximum Gasteiger partial charge on any atom is 0.335 e. The molecule has 2 atom stereocenters. The quantitative estimate of drug-likeness (QED) is 0.0407. The Morgan fingerprint density at radius 3 is 1.69 bits per heavy atom. The van der Waals surface area contributed by atoms with Gasteiger partial charge in [0.1, 0.15) is 43.0 Å². The van der Waals surface area contributed by atoms with Gasteiger partial charge in [0.2, 0.25) is 0 Å². The highest BCUT2D eigenvalue weighted by Crippen LogP contribution is 2.38. The summed E-state index contributed by atoms with van der Waals surface area (Å²) in [5.74, 6) is -1.70. The molecule has 0 aliphatic carbocycles. The van der Waals surface area contributed by atoms with Gasteiger partial charge in [-0.15, -0.1) is 0 Å². The van der Waals surface area contributed by atoms with E-state index in [9.17, 15) is 15.0 Å². The number of halogens is 2. The van der Waals surface area contributed by atoms with Crippen LogP contribution in [0.15, 0.2) is 36.4 Å². The van der Waals surface area contributed by atoms with Gasteiger partial charge in [-0.3, -0.25) is 0 Å². The number of aliphatic hydroxyl groups excluding tert-OH is 3. The van der Waals surface area contributed by atoms with Crippen molar-refractivity contribution < 1.29 is 47.8 Å². The van der Waals surface area contributed by atoms with Crippen molar-refractivity contribution in [2.75, 3.05) is 39.6 Å². The normalized spacial score (nSPS) is 12.5. The van der Waals surface area contributed by atoms with E-state index in [1.165, 1.54) is 12.1 Å². The van der Waals surface area contributed by atoms with Crippen LogP contribution in [0.3, 0.4) is 0 Å². The van der Waals surface area contributed by atoms with Crippen molar-refractivity contribution in [2.45, 2.75) is 104 Å². The average molecular weight is 679 g/mol. The third-order valence-electron chi connectivity index (χ3n) is 8.17. The van der Waals surface area contributed by atoms with E-state index >= 15 is 8.78 Å². The number of rotatable bonds is 26. The fourth-order valence-electron chi connectivity index (χ4n) is 5.23. The predicted octanol–water partition coefficient (Wildman–Crippen LogP) is 7.47. The van der Waals surface area contributed by atoms with Crippen molar-refractivity contribution in [3.63, 3.8) is 0 Å². The fraction of sp³-hybridized carbons (Fsp3) is 0.605. The number of unbranched alkanes of at least 4 members (excludes halogenated alkanes) is 8. The first-order valence-corrected chi connectivity index (χ1v) is 17.4. The van der Waals surface area contributed by atoms with E-state index in [2.05, 4.69) is 20.4 Å². The van der Waals surface area contributed by atoms with Gasteiger partial charge in [-0.25, -0.2) is 13.6 Å². The second kappa shape index (κ2) is 23.3. The lowest BCUT2D eigenvalue weighted by Gasteiger charge is -2.20. The zero-order valence-electron chi connectivity index (χ0n) is 29.0. The summed E-state index contributed by atoms with van der Waals surface area (Å²) >= 11 is 0. The topological polar surface area (TPSA) is 115 Å². The second-order valence-corrected chi connectivity index (χ2v) is 12.2. The minimum atomic E-state index is -1.16. The highest BCUT2D eigenvalue weighted by molar-refractivity contribution is 5.87. The molecule has 0 heterocycles. The molecule has 2 aromatic rings. The summed E-state index contributed by atoms with van der Waals surface area (Å²) in [7, 11) is 0. The van der Waals surface area contributed by atoms with Gasteiger partial charge in [0.15, 0.2) is 6.29 Å². The van der Waals surface area contributed by atoms with Crippen LogP contribution < -0.4 is 9.47 Å². The van der Waals surface area contributed by atoms with Gasteiger partial charge in [-0.2, -0.15) is 0 Å². The van der Waals surface area contributed by atoms with Gasteiger partial charge in [0, 0.05) is 18.1 Å². The average Bonchev–Trinajstić information content (AvgIpc) is 3.08. The Kier molecular flexibility index (Phi) is 20.0. The van der Waals surface area contributed by atoms with Crippen molar-refractivity contribution in [3.8, 4) is 22.6 Å². The maximum atomic E-state index is 15.9. The first-order valence-electron chi connectivity index (χ1n) is 17.4. The lowest BCUT2D eigenvalue weighted by atomic mass is 9.89. The fourth-order valence-corrected chi connectivity index (χ4v) is 5.23. The Bertz CT molecular complexity index is 1250. The summed E-state index contributed by atoms with van der Waals surface area (Å²) in [6.45, 7) is 8.43. The summed E-state index contributed by atoms with van der Waals surface area (Å²) in [6.07, 6.45) is 9.67. The van der Waals surface area contributed by atoms with E-state index in [0.717, 1.165) is 64.2 Å². The molecule has 0 saturated carbocycles. The number of carbonyl (C=O) groups is 1. The molecular formula is C38H56F2O8. The summed E-state index contributed by atoms with van der Waals surface area (Å²) < 4.78 is 53.9. The molecule has 0 radical (unpaired) electrons. The molecule has 0 saturated heterocycles. The van der Waals surface area contributed by atoms with E-state index in [4.69, 9.17) is 24.1 Å². The Hall–Kier alpha value is -3.05. The van der Waals surface area contributed by atoms with Gasteiger partial charge >= 0.3 is 5.97 Å². The van der Waals surface area contributed by atoms with Crippen molar-refractivity contribution in [1.82, 2.24) is 0 Å². The minimum absolute atomic E-state index is 0.0127. The molecule has 0 spiro atoms. The number of benzene rings is 2.